The lowest BCUT2D eigenvalue weighted by molar-refractivity contribution is -0.0185. The fraction of sp³-hybridized carbons (Fsp3) is 0.879. The SMILES string of the molecule is CC(C)[Si](OC[C@@H](C)[C@H]1CC[C@H]2C3=CC=C4C(C)(C)C(O)CC[C@]4(C)[C@H]3CC[C@]12C)(C(C)C)C(C)C. The molecule has 3 saturated carbocycles. The van der Waals surface area contributed by atoms with Crippen LogP contribution in [0.25, 0.3) is 0 Å². The van der Waals surface area contributed by atoms with Crippen molar-refractivity contribution < 1.29 is 9.53 Å². The topological polar surface area (TPSA) is 29.5 Å². The first-order valence-electron chi connectivity index (χ1n) is 15.4. The van der Waals surface area contributed by atoms with Crippen LogP contribution in [0.4, 0.5) is 0 Å². The Kier molecular flexibility index (Phi) is 7.68. The van der Waals surface area contributed by atoms with E-state index in [0.717, 1.165) is 31.3 Å². The van der Waals surface area contributed by atoms with Gasteiger partial charge in [0, 0.05) is 12.0 Å². The molecular weight excluding hydrogens is 456 g/mol. The van der Waals surface area contributed by atoms with E-state index in [-0.39, 0.29) is 16.9 Å². The summed E-state index contributed by atoms with van der Waals surface area (Å²) in [6.45, 7) is 27.6. The molecule has 0 aromatic carbocycles. The Morgan fingerprint density at radius 1 is 0.833 bits per heavy atom. The molecule has 4 aliphatic carbocycles. The molecule has 3 fully saturated rings. The van der Waals surface area contributed by atoms with Gasteiger partial charge in [-0.2, -0.15) is 0 Å². The van der Waals surface area contributed by atoms with E-state index in [9.17, 15) is 5.11 Å². The van der Waals surface area contributed by atoms with Crippen molar-refractivity contribution in [1.29, 1.82) is 0 Å². The normalized spacial score (nSPS) is 39.0. The largest absolute Gasteiger partial charge is 0.416 e. The highest BCUT2D eigenvalue weighted by atomic mass is 28.4. The molecule has 2 nitrogen and oxygen atoms in total. The molecule has 0 radical (unpaired) electrons. The zero-order chi connectivity index (χ0) is 26.8. The average molecular weight is 515 g/mol. The van der Waals surface area contributed by atoms with E-state index in [1.165, 1.54) is 31.3 Å². The van der Waals surface area contributed by atoms with Gasteiger partial charge in [-0.05, 0) is 89.7 Å². The monoisotopic (exact) mass is 514 g/mol. The molecule has 0 aromatic heterocycles. The summed E-state index contributed by atoms with van der Waals surface area (Å²) in [7, 11) is -1.83. The van der Waals surface area contributed by atoms with Gasteiger partial charge in [-0.15, -0.1) is 0 Å². The quantitative estimate of drug-likeness (QED) is 0.343. The van der Waals surface area contributed by atoms with Crippen LogP contribution in [0, 0.1) is 39.9 Å². The summed E-state index contributed by atoms with van der Waals surface area (Å²) >= 11 is 0. The first-order valence-corrected chi connectivity index (χ1v) is 17.5. The van der Waals surface area contributed by atoms with Crippen molar-refractivity contribution in [2.45, 2.75) is 137 Å². The summed E-state index contributed by atoms with van der Waals surface area (Å²) < 4.78 is 7.13. The van der Waals surface area contributed by atoms with Gasteiger partial charge in [0.1, 0.15) is 0 Å². The van der Waals surface area contributed by atoms with Crippen molar-refractivity contribution in [2.24, 2.45) is 39.9 Å². The highest BCUT2D eigenvalue weighted by Crippen LogP contribution is 2.67. The minimum absolute atomic E-state index is 0.112. The molecule has 206 valence electrons. The standard InChI is InChI=1S/C33H58O2Si/c1-21(2)36(22(3)4,23(5)6)35-20-24(7)26-13-14-27-25-12-15-29-31(8,9)30(34)17-19-33(29,11)28(25)16-18-32(26,27)10/h12,15,21-24,26-28,30,34H,13-14,16-20H2,1-11H3/t24-,26-,27+,28+,30?,32-,33-/m1/s1. The minimum Gasteiger partial charge on any atom is -0.416 e. The van der Waals surface area contributed by atoms with E-state index in [2.05, 4.69) is 88.3 Å². The molecule has 4 aliphatic rings. The molecule has 0 amide bonds. The first kappa shape index (κ1) is 28.6. The van der Waals surface area contributed by atoms with Crippen molar-refractivity contribution in [3.63, 3.8) is 0 Å². The average Bonchev–Trinajstić information content (AvgIpc) is 3.13. The smallest absolute Gasteiger partial charge is 0.200 e. The fourth-order valence-electron chi connectivity index (χ4n) is 10.6. The predicted molar refractivity (Wildman–Crippen MR) is 157 cm³/mol. The number of aliphatic hydroxyl groups excluding tert-OH is 1. The maximum absolute atomic E-state index is 10.8. The lowest BCUT2D eigenvalue weighted by Crippen LogP contribution is -2.52. The minimum atomic E-state index is -1.83. The molecule has 0 aromatic rings. The van der Waals surface area contributed by atoms with Crippen LogP contribution < -0.4 is 0 Å². The molecule has 3 heteroatoms. The second-order valence-electron chi connectivity index (χ2n) is 15.4. The van der Waals surface area contributed by atoms with Gasteiger partial charge in [-0.25, -0.2) is 0 Å². The van der Waals surface area contributed by atoms with Crippen LogP contribution in [0.5, 0.6) is 0 Å². The van der Waals surface area contributed by atoms with Crippen LogP contribution in [0.2, 0.25) is 16.6 Å². The maximum atomic E-state index is 10.8. The van der Waals surface area contributed by atoms with Crippen LogP contribution in [0.15, 0.2) is 23.3 Å². The molecule has 0 heterocycles. The molecule has 36 heavy (non-hydrogen) atoms. The molecule has 0 aliphatic heterocycles. The van der Waals surface area contributed by atoms with Gasteiger partial charge in [0.05, 0.1) is 6.10 Å². The van der Waals surface area contributed by atoms with E-state index in [1.807, 2.05) is 0 Å². The maximum Gasteiger partial charge on any atom is 0.200 e. The van der Waals surface area contributed by atoms with E-state index in [0.29, 0.717) is 33.9 Å². The van der Waals surface area contributed by atoms with Crippen molar-refractivity contribution in [3.05, 3.63) is 23.3 Å². The second kappa shape index (κ2) is 9.67. The number of fused-ring (bicyclic) bond motifs is 5. The highest BCUT2D eigenvalue weighted by Gasteiger charge is 2.59. The van der Waals surface area contributed by atoms with Crippen molar-refractivity contribution >= 4 is 8.32 Å². The van der Waals surface area contributed by atoms with Gasteiger partial charge in [0.15, 0.2) is 8.32 Å². The van der Waals surface area contributed by atoms with Crippen molar-refractivity contribution in [2.75, 3.05) is 6.61 Å². The Morgan fingerprint density at radius 3 is 2.03 bits per heavy atom. The molecule has 0 spiro atoms. The van der Waals surface area contributed by atoms with Crippen LogP contribution >= 0.6 is 0 Å². The third-order valence-electron chi connectivity index (χ3n) is 12.5. The van der Waals surface area contributed by atoms with Crippen molar-refractivity contribution in [1.82, 2.24) is 0 Å². The molecule has 1 unspecified atom stereocenters. The van der Waals surface area contributed by atoms with E-state index in [1.54, 1.807) is 5.57 Å². The molecule has 4 rings (SSSR count). The number of hydrogen-bond donors (Lipinski definition) is 1. The van der Waals surface area contributed by atoms with Gasteiger partial charge in [-0.3, -0.25) is 0 Å². The van der Waals surface area contributed by atoms with E-state index < -0.39 is 8.32 Å². The Morgan fingerprint density at radius 2 is 1.44 bits per heavy atom. The van der Waals surface area contributed by atoms with Crippen LogP contribution in [-0.2, 0) is 4.43 Å². The summed E-state index contributed by atoms with van der Waals surface area (Å²) in [5, 5.41) is 10.8. The third kappa shape index (κ3) is 4.08. The highest BCUT2D eigenvalue weighted by molar-refractivity contribution is 6.77. The van der Waals surface area contributed by atoms with Gasteiger partial charge in [0.2, 0.25) is 0 Å². The Balaban J connectivity index is 1.57. The number of allylic oxidation sites excluding steroid dienone is 3. The van der Waals surface area contributed by atoms with E-state index in [4.69, 9.17) is 4.43 Å². The predicted octanol–water partition coefficient (Wildman–Crippen LogP) is 9.31. The lowest BCUT2D eigenvalue weighted by Gasteiger charge is -2.58. The molecular formula is C33H58O2Si. The molecule has 0 saturated heterocycles. The lowest BCUT2D eigenvalue weighted by atomic mass is 9.47. The first-order chi connectivity index (χ1) is 16.6. The second-order valence-corrected chi connectivity index (χ2v) is 20.8. The number of aliphatic hydroxyl groups is 1. The van der Waals surface area contributed by atoms with Gasteiger partial charge in [-0.1, -0.05) is 99.5 Å². The fourth-order valence-corrected chi connectivity index (χ4v) is 16.1. The third-order valence-corrected chi connectivity index (χ3v) is 18.5. The molecule has 0 bridgehead atoms. The zero-order valence-electron chi connectivity index (χ0n) is 25.6. The Hall–Kier alpha value is -0.383. The summed E-state index contributed by atoms with van der Waals surface area (Å²) in [6.07, 6.45) is 12.2. The molecule has 1 N–H and O–H groups in total. The van der Waals surface area contributed by atoms with Crippen LogP contribution in [0.1, 0.15) is 115 Å². The summed E-state index contributed by atoms with van der Waals surface area (Å²) in [4.78, 5) is 0. The number of rotatable bonds is 7. The Labute approximate surface area is 224 Å². The summed E-state index contributed by atoms with van der Waals surface area (Å²) in [5.41, 5.74) is 5.73. The Bertz CT molecular complexity index is 860. The van der Waals surface area contributed by atoms with Crippen molar-refractivity contribution in [3.8, 4) is 0 Å². The van der Waals surface area contributed by atoms with Gasteiger partial charge in [0.25, 0.3) is 0 Å². The van der Waals surface area contributed by atoms with Crippen LogP contribution in [0.3, 0.4) is 0 Å². The zero-order valence-corrected chi connectivity index (χ0v) is 26.6. The number of hydrogen-bond acceptors (Lipinski definition) is 2. The summed E-state index contributed by atoms with van der Waals surface area (Å²) in [5.74, 6) is 2.76. The van der Waals surface area contributed by atoms with Gasteiger partial charge < -0.3 is 9.53 Å². The van der Waals surface area contributed by atoms with E-state index >= 15 is 0 Å². The van der Waals surface area contributed by atoms with Gasteiger partial charge >= 0.3 is 0 Å². The van der Waals surface area contributed by atoms with Crippen LogP contribution in [-0.4, -0.2) is 26.1 Å². The summed E-state index contributed by atoms with van der Waals surface area (Å²) in [6, 6.07) is 0. The molecule has 7 atom stereocenters.